The molecular formula is C8H8N2O3. The van der Waals surface area contributed by atoms with Crippen molar-refractivity contribution in [2.45, 2.75) is 6.92 Å². The Balaban J connectivity index is 3.12. The third-order valence-corrected chi connectivity index (χ3v) is 1.62. The highest BCUT2D eigenvalue weighted by Crippen LogP contribution is 2.17. The molecule has 68 valence electrons. The normalized spacial score (nSPS) is 10.5. The smallest absolute Gasteiger partial charge is 0.272 e. The molecule has 13 heavy (non-hydrogen) atoms. The number of nitrogens with zero attached hydrogens (tertiary/aromatic N) is 2. The summed E-state index contributed by atoms with van der Waals surface area (Å²) < 4.78 is 0. The molecule has 1 aromatic carbocycles. The van der Waals surface area contributed by atoms with Gasteiger partial charge in [0.2, 0.25) is 0 Å². The van der Waals surface area contributed by atoms with Gasteiger partial charge in [-0.15, -0.1) is 0 Å². The molecule has 0 amide bonds. The number of aryl methyl sites for hydroxylation is 1. The molecule has 5 nitrogen and oxygen atoms in total. The molecule has 0 radical (unpaired) electrons. The van der Waals surface area contributed by atoms with Gasteiger partial charge in [0.25, 0.3) is 5.69 Å². The zero-order chi connectivity index (χ0) is 9.84. The minimum Gasteiger partial charge on any atom is -0.411 e. The number of hydrogen-bond donors (Lipinski definition) is 1. The minimum absolute atomic E-state index is 0.0649. The van der Waals surface area contributed by atoms with Crippen molar-refractivity contribution < 1.29 is 10.1 Å². The Morgan fingerprint density at radius 1 is 1.62 bits per heavy atom. The van der Waals surface area contributed by atoms with Crippen molar-refractivity contribution in [3.63, 3.8) is 0 Å². The predicted molar refractivity (Wildman–Crippen MR) is 47.2 cm³/mol. The monoisotopic (exact) mass is 180 g/mol. The van der Waals surface area contributed by atoms with Crippen LogP contribution in [0.2, 0.25) is 0 Å². The van der Waals surface area contributed by atoms with E-state index in [1.54, 1.807) is 13.0 Å². The van der Waals surface area contributed by atoms with Crippen LogP contribution >= 0.6 is 0 Å². The van der Waals surface area contributed by atoms with E-state index in [0.717, 1.165) is 0 Å². The second kappa shape index (κ2) is 3.66. The van der Waals surface area contributed by atoms with Crippen LogP contribution in [-0.4, -0.2) is 16.3 Å². The van der Waals surface area contributed by atoms with E-state index in [4.69, 9.17) is 5.21 Å². The molecule has 0 saturated carbocycles. The third-order valence-electron chi connectivity index (χ3n) is 1.62. The Hall–Kier alpha value is -1.91. The van der Waals surface area contributed by atoms with E-state index >= 15 is 0 Å². The van der Waals surface area contributed by atoms with E-state index in [1.807, 2.05) is 0 Å². The van der Waals surface area contributed by atoms with Gasteiger partial charge in [-0.3, -0.25) is 10.1 Å². The van der Waals surface area contributed by atoms with Crippen molar-refractivity contribution in [2.75, 3.05) is 0 Å². The molecule has 0 unspecified atom stereocenters. The first-order valence-corrected chi connectivity index (χ1v) is 3.57. The van der Waals surface area contributed by atoms with E-state index < -0.39 is 4.92 Å². The second-order valence-electron chi connectivity index (χ2n) is 2.55. The summed E-state index contributed by atoms with van der Waals surface area (Å²) in [6.45, 7) is 1.63. The van der Waals surface area contributed by atoms with E-state index in [0.29, 0.717) is 11.1 Å². The molecule has 5 heteroatoms. The zero-order valence-electron chi connectivity index (χ0n) is 6.97. The van der Waals surface area contributed by atoms with Crippen molar-refractivity contribution >= 4 is 11.9 Å². The Bertz CT molecular complexity index is 360. The lowest BCUT2D eigenvalue weighted by molar-refractivity contribution is -0.385. The summed E-state index contributed by atoms with van der Waals surface area (Å²) in [5.74, 6) is 0. The summed E-state index contributed by atoms with van der Waals surface area (Å²) >= 11 is 0. The molecule has 0 aliphatic rings. The molecule has 0 spiro atoms. The van der Waals surface area contributed by atoms with Gasteiger partial charge in [0.15, 0.2) is 0 Å². The molecule has 1 rings (SSSR count). The molecule has 1 aromatic rings. The van der Waals surface area contributed by atoms with Gasteiger partial charge in [0.05, 0.1) is 11.1 Å². The molecule has 0 bridgehead atoms. The maximum atomic E-state index is 10.4. The molecule has 1 N–H and O–H groups in total. The van der Waals surface area contributed by atoms with Crippen LogP contribution in [0.5, 0.6) is 0 Å². The van der Waals surface area contributed by atoms with Crippen LogP contribution in [0, 0.1) is 17.0 Å². The Morgan fingerprint density at radius 3 is 2.77 bits per heavy atom. The van der Waals surface area contributed by atoms with Gasteiger partial charge in [-0.1, -0.05) is 5.16 Å². The van der Waals surface area contributed by atoms with Crippen LogP contribution in [0.3, 0.4) is 0 Å². The molecule has 0 aliphatic carbocycles. The Kier molecular flexibility index (Phi) is 2.59. The molecule has 0 aromatic heterocycles. The van der Waals surface area contributed by atoms with E-state index in [-0.39, 0.29) is 5.69 Å². The van der Waals surface area contributed by atoms with Gasteiger partial charge in [0, 0.05) is 11.6 Å². The fourth-order valence-corrected chi connectivity index (χ4v) is 1.03. The second-order valence-corrected chi connectivity index (χ2v) is 2.55. The number of hydrogen-bond acceptors (Lipinski definition) is 4. The van der Waals surface area contributed by atoms with Crippen LogP contribution in [0.4, 0.5) is 5.69 Å². The zero-order valence-corrected chi connectivity index (χ0v) is 6.97. The molecular weight excluding hydrogens is 172 g/mol. The average Bonchev–Trinajstić information content (AvgIpc) is 2.04. The summed E-state index contributed by atoms with van der Waals surface area (Å²) in [4.78, 5) is 9.96. The first kappa shape index (κ1) is 9.18. The van der Waals surface area contributed by atoms with Crippen LogP contribution in [0.15, 0.2) is 23.4 Å². The van der Waals surface area contributed by atoms with Gasteiger partial charge < -0.3 is 5.21 Å². The van der Waals surface area contributed by atoms with Gasteiger partial charge in [-0.25, -0.2) is 0 Å². The first-order valence-electron chi connectivity index (χ1n) is 3.57. The van der Waals surface area contributed by atoms with Gasteiger partial charge in [-0.05, 0) is 24.6 Å². The summed E-state index contributed by atoms with van der Waals surface area (Å²) in [5.41, 5.74) is 1.24. The van der Waals surface area contributed by atoms with Crippen molar-refractivity contribution in [2.24, 2.45) is 5.16 Å². The highest BCUT2D eigenvalue weighted by atomic mass is 16.6. The third kappa shape index (κ3) is 2.02. The van der Waals surface area contributed by atoms with Crippen LogP contribution in [0.25, 0.3) is 0 Å². The summed E-state index contributed by atoms with van der Waals surface area (Å²) in [6.07, 6.45) is 1.22. The lowest BCUT2D eigenvalue weighted by atomic mass is 10.1. The lowest BCUT2D eigenvalue weighted by Gasteiger charge is -1.97. The maximum Gasteiger partial charge on any atom is 0.272 e. The van der Waals surface area contributed by atoms with Crippen molar-refractivity contribution in [1.29, 1.82) is 0 Å². The summed E-state index contributed by atoms with van der Waals surface area (Å²) in [6, 6.07) is 4.48. The van der Waals surface area contributed by atoms with E-state index in [9.17, 15) is 10.1 Å². The molecule has 0 saturated heterocycles. The number of nitro groups is 1. The average molecular weight is 180 g/mol. The quantitative estimate of drug-likeness (QED) is 0.326. The molecule has 0 aliphatic heterocycles. The summed E-state index contributed by atoms with van der Waals surface area (Å²) in [5, 5.41) is 21.5. The standard InChI is InChI=1S/C8H8N2O3/c1-6-4-7(5-9-11)2-3-8(6)10(12)13/h2-5,11H,1H3/b9-5+. The number of benzene rings is 1. The fraction of sp³-hybridized carbons (Fsp3) is 0.125. The lowest BCUT2D eigenvalue weighted by Crippen LogP contribution is -1.92. The Labute approximate surface area is 74.5 Å². The van der Waals surface area contributed by atoms with Gasteiger partial charge in [0.1, 0.15) is 0 Å². The highest BCUT2D eigenvalue weighted by Gasteiger charge is 2.08. The molecule has 0 atom stereocenters. The first-order chi connectivity index (χ1) is 6.15. The van der Waals surface area contributed by atoms with Gasteiger partial charge >= 0.3 is 0 Å². The Morgan fingerprint density at radius 2 is 2.31 bits per heavy atom. The van der Waals surface area contributed by atoms with Gasteiger partial charge in [-0.2, -0.15) is 0 Å². The number of nitro benzene ring substituents is 1. The van der Waals surface area contributed by atoms with Crippen molar-refractivity contribution in [3.8, 4) is 0 Å². The fourth-order valence-electron chi connectivity index (χ4n) is 1.03. The number of rotatable bonds is 2. The summed E-state index contributed by atoms with van der Waals surface area (Å²) in [7, 11) is 0. The molecule has 0 heterocycles. The van der Waals surface area contributed by atoms with E-state index in [1.165, 1.54) is 18.3 Å². The number of oxime groups is 1. The predicted octanol–water partition coefficient (Wildman–Crippen LogP) is 1.71. The maximum absolute atomic E-state index is 10.4. The highest BCUT2D eigenvalue weighted by molar-refractivity contribution is 5.80. The SMILES string of the molecule is Cc1cc(/C=N/O)ccc1[N+](=O)[O-]. The molecule has 0 fully saturated rings. The van der Waals surface area contributed by atoms with Crippen LogP contribution < -0.4 is 0 Å². The minimum atomic E-state index is -0.449. The van der Waals surface area contributed by atoms with Crippen LogP contribution in [0.1, 0.15) is 11.1 Å². The topological polar surface area (TPSA) is 75.7 Å². The van der Waals surface area contributed by atoms with E-state index in [2.05, 4.69) is 5.16 Å². The van der Waals surface area contributed by atoms with Crippen molar-refractivity contribution in [1.82, 2.24) is 0 Å². The van der Waals surface area contributed by atoms with Crippen LogP contribution in [-0.2, 0) is 0 Å². The largest absolute Gasteiger partial charge is 0.411 e. The van der Waals surface area contributed by atoms with Crippen molar-refractivity contribution in [3.05, 3.63) is 39.4 Å².